The van der Waals surface area contributed by atoms with E-state index in [1.54, 1.807) is 6.07 Å². The van der Waals surface area contributed by atoms with Crippen LogP contribution in [0.15, 0.2) is 24.3 Å². The second-order valence-electron chi connectivity index (χ2n) is 6.96. The summed E-state index contributed by atoms with van der Waals surface area (Å²) in [4.78, 5) is 24.0. The van der Waals surface area contributed by atoms with Crippen molar-refractivity contribution in [3.63, 3.8) is 0 Å². The molecule has 25 heavy (non-hydrogen) atoms. The fourth-order valence-electron chi connectivity index (χ4n) is 3.56. The Morgan fingerprint density at radius 3 is 2.88 bits per heavy atom. The number of amides is 1. The van der Waals surface area contributed by atoms with Crippen molar-refractivity contribution in [2.24, 2.45) is 5.73 Å². The van der Waals surface area contributed by atoms with E-state index < -0.39 is 5.91 Å². The van der Waals surface area contributed by atoms with Crippen molar-refractivity contribution in [2.75, 3.05) is 5.32 Å². The van der Waals surface area contributed by atoms with Crippen molar-refractivity contribution < 1.29 is 4.79 Å². The number of nitrogens with two attached hydrogens (primary N) is 1. The van der Waals surface area contributed by atoms with E-state index in [2.05, 4.69) is 10.3 Å². The number of aryl methyl sites for hydroxylation is 1. The summed E-state index contributed by atoms with van der Waals surface area (Å²) in [6.45, 7) is 0. The molecule has 5 rings (SSSR count). The molecule has 2 heterocycles. The van der Waals surface area contributed by atoms with Gasteiger partial charge in [0.1, 0.15) is 17.3 Å². The van der Waals surface area contributed by atoms with Gasteiger partial charge in [-0.15, -0.1) is 0 Å². The van der Waals surface area contributed by atoms with Crippen LogP contribution in [0, 0.1) is 0 Å². The first-order chi connectivity index (χ1) is 12.2. The van der Waals surface area contributed by atoms with Gasteiger partial charge in [-0.05, 0) is 56.4 Å². The molecule has 0 unspecified atom stereocenters. The van der Waals surface area contributed by atoms with Crippen molar-refractivity contribution in [1.82, 2.24) is 15.0 Å². The Balaban J connectivity index is 1.52. The normalized spacial score (nSPS) is 16.2. The van der Waals surface area contributed by atoms with E-state index >= 15 is 0 Å². The van der Waals surface area contributed by atoms with Crippen LogP contribution >= 0.6 is 0 Å². The van der Waals surface area contributed by atoms with Crippen LogP contribution in [0.4, 0.5) is 11.5 Å². The van der Waals surface area contributed by atoms with Crippen LogP contribution in [-0.4, -0.2) is 20.9 Å². The molecule has 0 radical (unpaired) electrons. The number of nitrogens with zero attached hydrogens (tertiary/aromatic N) is 2. The summed E-state index contributed by atoms with van der Waals surface area (Å²) in [6.07, 6.45) is 5.62. The summed E-state index contributed by atoms with van der Waals surface area (Å²) in [7, 11) is 0. The molecular weight excluding hydrogens is 314 g/mol. The van der Waals surface area contributed by atoms with Gasteiger partial charge < -0.3 is 16.0 Å². The molecule has 6 heteroatoms. The van der Waals surface area contributed by atoms with E-state index in [-0.39, 0.29) is 0 Å². The van der Waals surface area contributed by atoms with Gasteiger partial charge in [0.2, 0.25) is 0 Å². The molecule has 3 aromatic rings. The van der Waals surface area contributed by atoms with Gasteiger partial charge in [-0.1, -0.05) is 0 Å². The van der Waals surface area contributed by atoms with Crippen LogP contribution in [0.1, 0.15) is 52.8 Å². The van der Waals surface area contributed by atoms with Gasteiger partial charge in [-0.25, -0.2) is 9.97 Å². The monoisotopic (exact) mass is 333 g/mol. The summed E-state index contributed by atoms with van der Waals surface area (Å²) in [5, 5.41) is 4.43. The van der Waals surface area contributed by atoms with Crippen LogP contribution in [0.2, 0.25) is 0 Å². The molecule has 0 spiro atoms. The highest BCUT2D eigenvalue weighted by Gasteiger charge is 2.29. The number of hydrogen-bond acceptors (Lipinski definition) is 4. The zero-order valence-corrected chi connectivity index (χ0v) is 13.8. The summed E-state index contributed by atoms with van der Waals surface area (Å²) < 4.78 is 0. The molecule has 0 bridgehead atoms. The molecule has 4 N–H and O–H groups in total. The predicted octanol–water partition coefficient (Wildman–Crippen LogP) is 3.17. The van der Waals surface area contributed by atoms with Gasteiger partial charge in [0.25, 0.3) is 5.91 Å². The number of carbonyl (C=O) groups excluding carboxylic acids is 1. The lowest BCUT2D eigenvalue weighted by atomic mass is 10.2. The number of fused-ring (bicyclic) bond motifs is 2. The van der Waals surface area contributed by atoms with Crippen molar-refractivity contribution >= 4 is 28.3 Å². The number of nitrogens with one attached hydrogen (secondary N) is 2. The van der Waals surface area contributed by atoms with Crippen LogP contribution in [0.25, 0.3) is 10.9 Å². The number of benzene rings is 1. The molecule has 0 atom stereocenters. The highest BCUT2D eigenvalue weighted by molar-refractivity contribution is 5.97. The molecule has 6 nitrogen and oxygen atoms in total. The number of aromatic amines is 1. The summed E-state index contributed by atoms with van der Waals surface area (Å²) in [5.74, 6) is 2.02. The number of hydrogen-bond donors (Lipinski definition) is 3. The van der Waals surface area contributed by atoms with Gasteiger partial charge in [0.05, 0.1) is 0 Å². The Kier molecular flexibility index (Phi) is 3.07. The van der Waals surface area contributed by atoms with Crippen molar-refractivity contribution in [3.05, 3.63) is 47.0 Å². The molecule has 2 aliphatic carbocycles. The first-order valence-electron chi connectivity index (χ1n) is 8.76. The SMILES string of the molecule is NC(=O)c1cc2cc(Nc3nc(C4CC4)nc4c3CCC4)ccc2[nH]1. The Morgan fingerprint density at radius 1 is 1.20 bits per heavy atom. The lowest BCUT2D eigenvalue weighted by Crippen LogP contribution is -2.10. The topological polar surface area (TPSA) is 96.7 Å². The van der Waals surface area contributed by atoms with Gasteiger partial charge in [-0.3, -0.25) is 4.79 Å². The predicted molar refractivity (Wildman–Crippen MR) is 96.1 cm³/mol. The van der Waals surface area contributed by atoms with E-state index in [0.29, 0.717) is 11.6 Å². The van der Waals surface area contributed by atoms with Gasteiger partial charge >= 0.3 is 0 Å². The second kappa shape index (κ2) is 5.31. The smallest absolute Gasteiger partial charge is 0.265 e. The molecule has 2 aromatic heterocycles. The van der Waals surface area contributed by atoms with Crippen molar-refractivity contribution in [1.29, 1.82) is 0 Å². The number of H-pyrrole nitrogens is 1. The highest BCUT2D eigenvalue weighted by atomic mass is 16.1. The maximum Gasteiger partial charge on any atom is 0.265 e. The van der Waals surface area contributed by atoms with Crippen LogP contribution in [0.5, 0.6) is 0 Å². The minimum Gasteiger partial charge on any atom is -0.364 e. The van der Waals surface area contributed by atoms with Crippen LogP contribution in [0.3, 0.4) is 0 Å². The maximum atomic E-state index is 11.3. The van der Waals surface area contributed by atoms with Crippen molar-refractivity contribution in [2.45, 2.75) is 38.0 Å². The number of primary amides is 1. The van der Waals surface area contributed by atoms with Crippen LogP contribution in [-0.2, 0) is 12.8 Å². The Hall–Kier alpha value is -2.89. The lowest BCUT2D eigenvalue weighted by molar-refractivity contribution is 0.0996. The first kappa shape index (κ1) is 14.5. The lowest BCUT2D eigenvalue weighted by Gasteiger charge is -2.12. The molecule has 0 saturated heterocycles. The van der Waals surface area contributed by atoms with E-state index in [9.17, 15) is 4.79 Å². The molecule has 2 aliphatic rings. The van der Waals surface area contributed by atoms with E-state index in [1.165, 1.54) is 24.1 Å². The number of aromatic nitrogens is 3. The summed E-state index contributed by atoms with van der Waals surface area (Å²) >= 11 is 0. The number of anilines is 2. The minimum absolute atomic E-state index is 0.422. The van der Waals surface area contributed by atoms with Crippen molar-refractivity contribution in [3.8, 4) is 0 Å². The second-order valence-corrected chi connectivity index (χ2v) is 6.96. The molecule has 1 amide bonds. The summed E-state index contributed by atoms with van der Waals surface area (Å²) in [6, 6.07) is 7.73. The Bertz CT molecular complexity index is 1000. The standard InChI is InChI=1S/C19H19N5O/c20-17(25)16-9-11-8-12(6-7-14(11)22-16)21-19-13-2-1-3-15(13)23-18(24-19)10-4-5-10/h6-10,22H,1-5H2,(H2,20,25)(H,21,23,24). The largest absolute Gasteiger partial charge is 0.364 e. The molecule has 126 valence electrons. The molecular formula is C19H19N5O. The third kappa shape index (κ3) is 2.54. The van der Waals surface area contributed by atoms with E-state index in [0.717, 1.165) is 47.5 Å². The Labute approximate surface area is 144 Å². The summed E-state index contributed by atoms with van der Waals surface area (Å²) in [5.41, 5.74) is 10.1. The zero-order valence-electron chi connectivity index (χ0n) is 13.8. The van der Waals surface area contributed by atoms with E-state index in [1.807, 2.05) is 18.2 Å². The van der Waals surface area contributed by atoms with Gasteiger partial charge in [0, 0.05) is 33.8 Å². The molecule has 1 aromatic carbocycles. The Morgan fingerprint density at radius 2 is 2.08 bits per heavy atom. The first-order valence-corrected chi connectivity index (χ1v) is 8.76. The maximum absolute atomic E-state index is 11.3. The van der Waals surface area contributed by atoms with Gasteiger partial charge in [-0.2, -0.15) is 0 Å². The third-order valence-electron chi connectivity index (χ3n) is 5.04. The third-order valence-corrected chi connectivity index (χ3v) is 5.04. The molecule has 1 saturated carbocycles. The fourth-order valence-corrected chi connectivity index (χ4v) is 3.56. The average molecular weight is 333 g/mol. The zero-order chi connectivity index (χ0) is 17.0. The number of carbonyl (C=O) groups is 1. The molecule has 0 aliphatic heterocycles. The average Bonchev–Trinajstić information content (AvgIpc) is 3.17. The van der Waals surface area contributed by atoms with Gasteiger partial charge in [0.15, 0.2) is 0 Å². The number of rotatable bonds is 4. The fraction of sp³-hybridized carbons (Fsp3) is 0.316. The molecule has 1 fully saturated rings. The van der Waals surface area contributed by atoms with Crippen LogP contribution < -0.4 is 11.1 Å². The minimum atomic E-state index is -0.451. The highest BCUT2D eigenvalue weighted by Crippen LogP contribution is 2.40. The van der Waals surface area contributed by atoms with E-state index in [4.69, 9.17) is 15.7 Å². The quantitative estimate of drug-likeness (QED) is 0.683.